The molecule has 1 aromatic heterocycles. The maximum absolute atomic E-state index is 12.2. The average Bonchev–Trinajstić information content (AvgIpc) is 3.05. The molecule has 0 saturated heterocycles. The number of Topliss-reactive ketones (excluding diaryl/α,β-unsaturated/α-hetero) is 1. The molecule has 0 aliphatic carbocycles. The Labute approximate surface area is 148 Å². The van der Waals surface area contributed by atoms with Crippen molar-refractivity contribution in [1.82, 2.24) is 4.98 Å². The van der Waals surface area contributed by atoms with Crippen LogP contribution < -0.4 is 4.74 Å². The smallest absolute Gasteiger partial charge is 0.337 e. The lowest BCUT2D eigenvalue weighted by Crippen LogP contribution is -2.23. The Hall–Kier alpha value is -2.98. The van der Waals surface area contributed by atoms with E-state index in [1.54, 1.807) is 18.4 Å². The number of hydrogen-bond acceptors (Lipinski definition) is 7. The van der Waals surface area contributed by atoms with E-state index in [2.05, 4.69) is 4.98 Å². The first kappa shape index (κ1) is 16.9. The van der Waals surface area contributed by atoms with Crippen LogP contribution >= 0.6 is 11.3 Å². The molecule has 7 heteroatoms. The van der Waals surface area contributed by atoms with Crippen molar-refractivity contribution >= 4 is 29.2 Å². The number of esters is 1. The highest BCUT2D eigenvalue weighted by atomic mass is 32.1. The number of thiazole rings is 1. The van der Waals surface area contributed by atoms with Gasteiger partial charge in [0.2, 0.25) is 0 Å². The molecule has 0 fully saturated rings. The SMILES string of the molecule is Cc1csc([C@@H](C#N)C(=O)COC(=O)C2=Cc3ccccc3OC2)n1. The molecule has 126 valence electrons. The van der Waals surface area contributed by atoms with Gasteiger partial charge >= 0.3 is 5.97 Å². The Morgan fingerprint density at radius 1 is 1.44 bits per heavy atom. The zero-order valence-electron chi connectivity index (χ0n) is 13.4. The van der Waals surface area contributed by atoms with Gasteiger partial charge in [0.1, 0.15) is 17.4 Å². The van der Waals surface area contributed by atoms with Crippen LogP contribution in [-0.2, 0) is 14.3 Å². The molecule has 0 amide bonds. The number of rotatable bonds is 5. The van der Waals surface area contributed by atoms with Crippen molar-refractivity contribution < 1.29 is 19.1 Å². The van der Waals surface area contributed by atoms with Crippen LogP contribution in [-0.4, -0.2) is 30.0 Å². The lowest BCUT2D eigenvalue weighted by molar-refractivity contribution is -0.144. The van der Waals surface area contributed by atoms with Crippen LogP contribution in [0.4, 0.5) is 0 Å². The van der Waals surface area contributed by atoms with Crippen molar-refractivity contribution in [2.75, 3.05) is 13.2 Å². The fourth-order valence-electron chi connectivity index (χ4n) is 2.32. The molecule has 2 aromatic rings. The zero-order chi connectivity index (χ0) is 17.8. The molecule has 3 rings (SSSR count). The van der Waals surface area contributed by atoms with Crippen molar-refractivity contribution in [3.05, 3.63) is 51.5 Å². The molecule has 1 atom stereocenters. The summed E-state index contributed by atoms with van der Waals surface area (Å²) in [4.78, 5) is 28.5. The number of nitriles is 1. The van der Waals surface area contributed by atoms with Gasteiger partial charge in [-0.3, -0.25) is 4.79 Å². The lowest BCUT2D eigenvalue weighted by atomic mass is 10.1. The standard InChI is InChI=1S/C18H14N2O4S/c1-11-10-25-17(20-11)14(7-19)15(21)9-24-18(22)13-6-12-4-2-3-5-16(12)23-8-13/h2-6,10,14H,8-9H2,1H3/t14-/m0/s1. The topological polar surface area (TPSA) is 89.3 Å². The molecule has 0 unspecified atom stereocenters. The van der Waals surface area contributed by atoms with E-state index in [0.29, 0.717) is 16.3 Å². The van der Waals surface area contributed by atoms with E-state index in [1.807, 2.05) is 30.3 Å². The fraction of sp³-hybridized carbons (Fsp3) is 0.222. The normalized spacial score (nSPS) is 13.7. The van der Waals surface area contributed by atoms with E-state index in [0.717, 1.165) is 11.3 Å². The lowest BCUT2D eigenvalue weighted by Gasteiger charge is -2.17. The summed E-state index contributed by atoms with van der Waals surface area (Å²) in [7, 11) is 0. The monoisotopic (exact) mass is 354 g/mol. The van der Waals surface area contributed by atoms with E-state index < -0.39 is 24.3 Å². The summed E-state index contributed by atoms with van der Waals surface area (Å²) in [5.41, 5.74) is 1.85. The van der Waals surface area contributed by atoms with Gasteiger partial charge in [0.15, 0.2) is 18.3 Å². The molecule has 1 aliphatic rings. The van der Waals surface area contributed by atoms with Crippen LogP contribution in [0.1, 0.15) is 22.2 Å². The number of carbonyl (C=O) groups is 2. The van der Waals surface area contributed by atoms with Crippen molar-refractivity contribution in [2.45, 2.75) is 12.8 Å². The highest BCUT2D eigenvalue weighted by Crippen LogP contribution is 2.26. The second kappa shape index (κ2) is 7.28. The van der Waals surface area contributed by atoms with Crippen LogP contribution in [0, 0.1) is 18.3 Å². The van der Waals surface area contributed by atoms with E-state index in [-0.39, 0.29) is 6.61 Å². The molecule has 2 heterocycles. The molecule has 6 nitrogen and oxygen atoms in total. The third-order valence-corrected chi connectivity index (χ3v) is 4.60. The van der Waals surface area contributed by atoms with Gasteiger partial charge in [0.05, 0.1) is 11.6 Å². The van der Waals surface area contributed by atoms with Gasteiger partial charge in [-0.05, 0) is 19.1 Å². The molecule has 0 radical (unpaired) electrons. The number of ketones is 1. The largest absolute Gasteiger partial charge is 0.488 e. The quantitative estimate of drug-likeness (QED) is 0.767. The molecule has 1 aromatic carbocycles. The third kappa shape index (κ3) is 3.75. The Morgan fingerprint density at radius 2 is 2.24 bits per heavy atom. The first-order valence-electron chi connectivity index (χ1n) is 7.52. The number of nitrogens with zero attached hydrogens (tertiary/aromatic N) is 2. The summed E-state index contributed by atoms with van der Waals surface area (Å²) in [6.45, 7) is 1.39. The number of para-hydroxylation sites is 1. The first-order chi connectivity index (χ1) is 12.1. The average molecular weight is 354 g/mol. The predicted molar refractivity (Wildman–Crippen MR) is 91.1 cm³/mol. The number of hydrogen-bond donors (Lipinski definition) is 0. The number of benzene rings is 1. The summed E-state index contributed by atoms with van der Waals surface area (Å²) in [5, 5.41) is 11.4. The second-order valence-corrected chi connectivity index (χ2v) is 6.32. The van der Waals surface area contributed by atoms with Crippen LogP contribution in [0.2, 0.25) is 0 Å². The Bertz CT molecular complexity index is 894. The molecular formula is C18H14N2O4S. The van der Waals surface area contributed by atoms with Crippen molar-refractivity contribution in [3.8, 4) is 11.8 Å². The number of aryl methyl sites for hydroxylation is 1. The minimum atomic E-state index is -1.02. The predicted octanol–water partition coefficient (Wildman–Crippen LogP) is 2.65. The van der Waals surface area contributed by atoms with Gasteiger partial charge in [-0.2, -0.15) is 5.26 Å². The molecule has 0 saturated carbocycles. The summed E-state index contributed by atoms with van der Waals surface area (Å²) < 4.78 is 10.5. The van der Waals surface area contributed by atoms with Crippen LogP contribution in [0.25, 0.3) is 6.08 Å². The Kier molecular flexibility index (Phi) is 4.91. The summed E-state index contributed by atoms with van der Waals surface area (Å²) in [6.07, 6.45) is 1.68. The number of ether oxygens (including phenoxy) is 2. The van der Waals surface area contributed by atoms with E-state index in [4.69, 9.17) is 9.47 Å². The van der Waals surface area contributed by atoms with Gasteiger partial charge in [0, 0.05) is 16.6 Å². The van der Waals surface area contributed by atoms with Gasteiger partial charge in [0.25, 0.3) is 0 Å². The Morgan fingerprint density at radius 3 is 2.96 bits per heavy atom. The summed E-state index contributed by atoms with van der Waals surface area (Å²) >= 11 is 1.24. The van der Waals surface area contributed by atoms with Crippen LogP contribution in [0.5, 0.6) is 5.75 Å². The highest BCUT2D eigenvalue weighted by molar-refractivity contribution is 7.09. The molecule has 0 bridgehead atoms. The molecule has 25 heavy (non-hydrogen) atoms. The number of aromatic nitrogens is 1. The maximum atomic E-state index is 12.2. The molecular weight excluding hydrogens is 340 g/mol. The van der Waals surface area contributed by atoms with E-state index in [1.165, 1.54) is 11.3 Å². The molecule has 1 aliphatic heterocycles. The minimum Gasteiger partial charge on any atom is -0.488 e. The highest BCUT2D eigenvalue weighted by Gasteiger charge is 2.25. The third-order valence-electron chi connectivity index (χ3n) is 3.57. The minimum absolute atomic E-state index is 0.0807. The zero-order valence-corrected chi connectivity index (χ0v) is 14.2. The van der Waals surface area contributed by atoms with Gasteiger partial charge < -0.3 is 9.47 Å². The second-order valence-electron chi connectivity index (χ2n) is 5.43. The maximum Gasteiger partial charge on any atom is 0.337 e. The summed E-state index contributed by atoms with van der Waals surface area (Å²) in [5.74, 6) is -1.46. The van der Waals surface area contributed by atoms with Gasteiger partial charge in [-0.1, -0.05) is 18.2 Å². The summed E-state index contributed by atoms with van der Waals surface area (Å²) in [6, 6.07) is 9.23. The van der Waals surface area contributed by atoms with Crippen molar-refractivity contribution in [2.24, 2.45) is 0 Å². The Balaban J connectivity index is 1.63. The van der Waals surface area contributed by atoms with Crippen molar-refractivity contribution in [1.29, 1.82) is 5.26 Å². The van der Waals surface area contributed by atoms with E-state index >= 15 is 0 Å². The number of carbonyl (C=O) groups excluding carboxylic acids is 2. The van der Waals surface area contributed by atoms with Gasteiger partial charge in [-0.15, -0.1) is 11.3 Å². The van der Waals surface area contributed by atoms with Gasteiger partial charge in [-0.25, -0.2) is 9.78 Å². The van der Waals surface area contributed by atoms with Crippen molar-refractivity contribution in [3.63, 3.8) is 0 Å². The van der Waals surface area contributed by atoms with Crippen LogP contribution in [0.3, 0.4) is 0 Å². The first-order valence-corrected chi connectivity index (χ1v) is 8.40. The molecule has 0 N–H and O–H groups in total. The van der Waals surface area contributed by atoms with Crippen LogP contribution in [0.15, 0.2) is 35.2 Å². The number of fused-ring (bicyclic) bond motifs is 1. The van der Waals surface area contributed by atoms with E-state index in [9.17, 15) is 14.9 Å². The fourth-order valence-corrected chi connectivity index (χ4v) is 3.18. The molecule has 0 spiro atoms.